The molecule has 5 aliphatic rings. The van der Waals surface area contributed by atoms with E-state index in [0.29, 0.717) is 35.4 Å². The van der Waals surface area contributed by atoms with E-state index in [4.69, 9.17) is 0 Å². The molecule has 0 aromatic rings. The lowest BCUT2D eigenvalue weighted by Gasteiger charge is -2.59. The number of hydrogen-bond acceptors (Lipinski definition) is 2. The van der Waals surface area contributed by atoms with Crippen molar-refractivity contribution in [1.82, 2.24) is 0 Å². The maximum atomic E-state index is 13.9. The van der Waals surface area contributed by atoms with Gasteiger partial charge in [0.1, 0.15) is 5.78 Å². The summed E-state index contributed by atoms with van der Waals surface area (Å²) in [6.07, 6.45) is 15.9. The van der Waals surface area contributed by atoms with Gasteiger partial charge >= 0.3 is 0 Å². The lowest BCUT2D eigenvalue weighted by Crippen LogP contribution is -2.56. The molecule has 8 atom stereocenters. The van der Waals surface area contributed by atoms with Crippen molar-refractivity contribution in [3.63, 3.8) is 0 Å². The minimum atomic E-state index is -0.148. The molecule has 0 aromatic carbocycles. The molecule has 1 spiro atoms. The minimum Gasteiger partial charge on any atom is -0.392 e. The van der Waals surface area contributed by atoms with Crippen LogP contribution in [0.15, 0.2) is 23.3 Å². The number of allylic oxidation sites excluding steroid dienone is 3. The Bertz CT molecular complexity index is 813. The molecule has 4 fully saturated rings. The molecule has 5 rings (SSSR count). The van der Waals surface area contributed by atoms with Crippen molar-refractivity contribution in [3.05, 3.63) is 23.3 Å². The maximum absolute atomic E-state index is 13.9. The Morgan fingerprint density at radius 1 is 1.16 bits per heavy atom. The second-order valence-electron chi connectivity index (χ2n) is 12.8. The first-order chi connectivity index (χ1) is 14.6. The molecule has 1 unspecified atom stereocenters. The van der Waals surface area contributed by atoms with Crippen LogP contribution >= 0.6 is 0 Å². The first kappa shape index (κ1) is 21.9. The van der Waals surface area contributed by atoms with E-state index in [1.807, 2.05) is 0 Å². The highest BCUT2D eigenvalue weighted by Gasteiger charge is 2.67. The number of aliphatic hydroxyl groups excluding tert-OH is 1. The molecule has 0 heterocycles. The first-order valence-electron chi connectivity index (χ1n) is 13.2. The highest BCUT2D eigenvalue weighted by atomic mass is 16.3. The number of fused-ring (bicyclic) bond motifs is 6. The highest BCUT2D eigenvalue weighted by molar-refractivity contribution is 5.87. The zero-order valence-electron chi connectivity index (χ0n) is 20.5. The lowest BCUT2D eigenvalue weighted by molar-refractivity contribution is -0.148. The van der Waals surface area contributed by atoms with E-state index in [-0.39, 0.29) is 22.3 Å². The van der Waals surface area contributed by atoms with Crippen LogP contribution < -0.4 is 0 Å². The fourth-order valence-electron chi connectivity index (χ4n) is 9.30. The molecular formula is C29H44O2. The van der Waals surface area contributed by atoms with Crippen molar-refractivity contribution in [2.24, 2.45) is 45.8 Å². The summed E-state index contributed by atoms with van der Waals surface area (Å²) in [6.45, 7) is 11.6. The third-order valence-corrected chi connectivity index (χ3v) is 11.2. The quantitative estimate of drug-likeness (QED) is 0.500. The number of aliphatic hydroxyl groups is 1. The summed E-state index contributed by atoms with van der Waals surface area (Å²) in [5, 5.41) is 10.8. The Labute approximate surface area is 190 Å². The molecule has 0 aromatic heterocycles. The fourth-order valence-corrected chi connectivity index (χ4v) is 9.30. The Morgan fingerprint density at radius 2 is 1.90 bits per heavy atom. The largest absolute Gasteiger partial charge is 0.392 e. The third kappa shape index (κ3) is 3.02. The highest BCUT2D eigenvalue weighted by Crippen LogP contribution is 2.72. The van der Waals surface area contributed by atoms with E-state index < -0.39 is 0 Å². The van der Waals surface area contributed by atoms with Crippen molar-refractivity contribution in [2.75, 3.05) is 0 Å². The average molecular weight is 425 g/mol. The predicted octanol–water partition coefficient (Wildman–Crippen LogP) is 6.88. The summed E-state index contributed by atoms with van der Waals surface area (Å²) in [6, 6.07) is 0. The monoisotopic (exact) mass is 424 g/mol. The molecule has 0 radical (unpaired) electrons. The third-order valence-electron chi connectivity index (χ3n) is 11.2. The zero-order chi connectivity index (χ0) is 22.2. The number of hydrogen-bond donors (Lipinski definition) is 1. The van der Waals surface area contributed by atoms with Crippen LogP contribution in [0.4, 0.5) is 0 Å². The van der Waals surface area contributed by atoms with E-state index in [2.05, 4.69) is 46.8 Å². The summed E-state index contributed by atoms with van der Waals surface area (Å²) in [7, 11) is 0. The van der Waals surface area contributed by atoms with Crippen molar-refractivity contribution in [1.29, 1.82) is 0 Å². The average Bonchev–Trinajstić information content (AvgIpc) is 3.42. The number of carbonyl (C=O) groups excluding carboxylic acids is 1. The van der Waals surface area contributed by atoms with Crippen molar-refractivity contribution in [3.8, 4) is 0 Å². The Morgan fingerprint density at radius 3 is 2.58 bits per heavy atom. The van der Waals surface area contributed by atoms with E-state index >= 15 is 0 Å². The van der Waals surface area contributed by atoms with Gasteiger partial charge in [-0.05, 0) is 107 Å². The molecule has 0 aliphatic heterocycles. The summed E-state index contributed by atoms with van der Waals surface area (Å²) < 4.78 is 0. The van der Waals surface area contributed by atoms with Crippen LogP contribution in [0.1, 0.15) is 98.8 Å². The van der Waals surface area contributed by atoms with Gasteiger partial charge in [-0.15, -0.1) is 0 Å². The molecular weight excluding hydrogens is 380 g/mol. The molecule has 2 heteroatoms. The topological polar surface area (TPSA) is 37.3 Å². The number of ketones is 1. The Kier molecular flexibility index (Phi) is 5.17. The molecule has 0 bridgehead atoms. The molecule has 31 heavy (non-hydrogen) atoms. The predicted molar refractivity (Wildman–Crippen MR) is 126 cm³/mol. The van der Waals surface area contributed by atoms with Crippen molar-refractivity contribution in [2.45, 2.75) is 105 Å². The number of carbonyl (C=O) groups is 1. The van der Waals surface area contributed by atoms with E-state index in [0.717, 1.165) is 44.9 Å². The second kappa shape index (κ2) is 7.31. The van der Waals surface area contributed by atoms with Gasteiger partial charge in [-0.1, -0.05) is 44.1 Å². The van der Waals surface area contributed by atoms with Crippen LogP contribution in [0.3, 0.4) is 0 Å². The molecule has 4 saturated carbocycles. The number of Topliss-reactive ketones (excluding diaryl/α,β-unsaturated/α-hetero) is 1. The lowest BCUT2D eigenvalue weighted by atomic mass is 9.45. The van der Waals surface area contributed by atoms with Crippen LogP contribution in [0.25, 0.3) is 0 Å². The maximum Gasteiger partial charge on any atom is 0.139 e. The van der Waals surface area contributed by atoms with Gasteiger partial charge in [0.05, 0.1) is 6.10 Å². The molecule has 2 nitrogen and oxygen atoms in total. The van der Waals surface area contributed by atoms with E-state index in [1.165, 1.54) is 24.8 Å². The van der Waals surface area contributed by atoms with Crippen molar-refractivity contribution >= 4 is 5.78 Å². The SMILES string of the molecule is CC(C)=CCC[C@@H](C)[C@H]1CC[C@H]2[C@@H]3CC=C4C5(CC5)C(O)CC[C@]4(C)[C@H]3CC(=O)[C@]12C. The zero-order valence-corrected chi connectivity index (χ0v) is 20.5. The van der Waals surface area contributed by atoms with Gasteiger partial charge in [0.15, 0.2) is 0 Å². The van der Waals surface area contributed by atoms with Crippen LogP contribution in [-0.2, 0) is 4.79 Å². The van der Waals surface area contributed by atoms with Crippen molar-refractivity contribution < 1.29 is 9.90 Å². The second-order valence-corrected chi connectivity index (χ2v) is 12.8. The Hall–Kier alpha value is -0.890. The summed E-state index contributed by atoms with van der Waals surface area (Å²) >= 11 is 0. The smallest absolute Gasteiger partial charge is 0.139 e. The molecule has 172 valence electrons. The normalized spacial score (nSPS) is 45.9. The van der Waals surface area contributed by atoms with Gasteiger partial charge in [0.2, 0.25) is 0 Å². The van der Waals surface area contributed by atoms with Gasteiger partial charge in [-0.25, -0.2) is 0 Å². The van der Waals surface area contributed by atoms with Gasteiger partial charge < -0.3 is 5.11 Å². The molecule has 0 saturated heterocycles. The van der Waals surface area contributed by atoms with E-state index in [9.17, 15) is 9.90 Å². The van der Waals surface area contributed by atoms with Crippen LogP contribution in [0.2, 0.25) is 0 Å². The van der Waals surface area contributed by atoms with Gasteiger partial charge in [-0.2, -0.15) is 0 Å². The molecule has 5 aliphatic carbocycles. The van der Waals surface area contributed by atoms with Crippen LogP contribution in [0.5, 0.6) is 0 Å². The van der Waals surface area contributed by atoms with E-state index in [1.54, 1.807) is 5.57 Å². The first-order valence-corrected chi connectivity index (χ1v) is 13.2. The fraction of sp³-hybridized carbons (Fsp3) is 0.828. The van der Waals surface area contributed by atoms with Crippen LogP contribution in [-0.4, -0.2) is 17.0 Å². The van der Waals surface area contributed by atoms with Gasteiger partial charge in [-0.3, -0.25) is 4.79 Å². The Balaban J connectivity index is 1.42. The molecule has 1 N–H and O–H groups in total. The van der Waals surface area contributed by atoms with Crippen LogP contribution in [0, 0.1) is 45.8 Å². The summed E-state index contributed by atoms with van der Waals surface area (Å²) in [4.78, 5) is 13.9. The standard InChI is InChI=1S/C29H44O2/c1-18(2)7-6-8-19(3)21-10-11-22-20-9-12-24-27(4,14-13-25(30)29(24)15-16-29)23(20)17-26(31)28(21,22)5/h7,12,19-23,25,30H,6,8-11,13-17H2,1-5H3/t19-,20+,21-,22+,23+,25?,27-,28-/m1/s1. The van der Waals surface area contributed by atoms with Gasteiger partial charge in [0.25, 0.3) is 0 Å². The molecule has 0 amide bonds. The minimum absolute atomic E-state index is 0.0828. The van der Waals surface area contributed by atoms with Gasteiger partial charge in [0, 0.05) is 17.3 Å². The number of rotatable bonds is 4. The summed E-state index contributed by atoms with van der Waals surface area (Å²) in [5.74, 6) is 3.48. The summed E-state index contributed by atoms with van der Waals surface area (Å²) in [5.41, 5.74) is 3.07.